The Balaban J connectivity index is 1.79. The van der Waals surface area contributed by atoms with Crippen LogP contribution in [0.2, 0.25) is 5.02 Å². The second kappa shape index (κ2) is 11.5. The first-order valence-corrected chi connectivity index (χ1v) is 12.4. The molecule has 0 radical (unpaired) electrons. The van der Waals surface area contributed by atoms with Gasteiger partial charge in [0, 0.05) is 48.3 Å². The van der Waals surface area contributed by atoms with Gasteiger partial charge in [-0.25, -0.2) is 4.79 Å². The highest BCUT2D eigenvalue weighted by Gasteiger charge is 2.25. The summed E-state index contributed by atoms with van der Waals surface area (Å²) in [4.78, 5) is 50.6. The fourth-order valence-corrected chi connectivity index (χ4v) is 4.62. The van der Waals surface area contributed by atoms with Crippen molar-refractivity contribution in [2.75, 3.05) is 7.11 Å². The van der Waals surface area contributed by atoms with Crippen LogP contribution in [0.15, 0.2) is 71.9 Å². The van der Waals surface area contributed by atoms with Gasteiger partial charge in [-0.05, 0) is 53.9 Å². The number of benzene rings is 2. The monoisotopic (exact) mass is 547 g/mol. The zero-order valence-corrected chi connectivity index (χ0v) is 22.3. The van der Waals surface area contributed by atoms with Crippen molar-refractivity contribution in [1.82, 2.24) is 14.3 Å². The van der Waals surface area contributed by atoms with Crippen LogP contribution in [0.4, 0.5) is 0 Å². The number of carbonyl (C=O) groups is 3. The molecule has 4 rings (SSSR count). The number of rotatable bonds is 10. The molecule has 39 heavy (non-hydrogen) atoms. The SMILES string of the molecule is COc1cn(C(Cc2cnn(C)c2)C(=O)Cc2ccc(C(=O)O)cc2)c(=O)cc1-c1cc(Cl)ccc1C(C)=O. The summed E-state index contributed by atoms with van der Waals surface area (Å²) >= 11 is 6.21. The lowest BCUT2D eigenvalue weighted by Gasteiger charge is -2.21. The summed E-state index contributed by atoms with van der Waals surface area (Å²) in [6.45, 7) is 1.42. The standard InChI is InChI=1S/C29H26ClN3O6/c1-17(34)22-9-8-21(30)12-23(22)24-13-28(36)33(16-27(24)39-3)25(10-19-14-31-32(2)15-19)26(35)11-18-4-6-20(7-5-18)29(37)38/h4-9,12-16,25H,10-11H2,1-3H3,(H,37,38). The number of aromatic carboxylic acids is 1. The van der Waals surface area contributed by atoms with Crippen molar-refractivity contribution >= 4 is 29.1 Å². The molecule has 1 atom stereocenters. The zero-order chi connectivity index (χ0) is 28.3. The summed E-state index contributed by atoms with van der Waals surface area (Å²) in [5, 5.41) is 13.7. The van der Waals surface area contributed by atoms with Gasteiger partial charge in [-0.1, -0.05) is 23.7 Å². The number of aromatic nitrogens is 3. The molecule has 1 N–H and O–H groups in total. The summed E-state index contributed by atoms with van der Waals surface area (Å²) in [7, 11) is 3.19. The Labute approximate surface area is 229 Å². The number of ether oxygens (including phenoxy) is 1. The number of aryl methyl sites for hydroxylation is 1. The van der Waals surface area contributed by atoms with Gasteiger partial charge in [0.1, 0.15) is 5.75 Å². The number of nitrogens with zero attached hydrogens (tertiary/aromatic N) is 3. The quantitative estimate of drug-likeness (QED) is 0.292. The van der Waals surface area contributed by atoms with Gasteiger partial charge >= 0.3 is 5.97 Å². The van der Waals surface area contributed by atoms with E-state index in [1.165, 1.54) is 43.0 Å². The zero-order valence-electron chi connectivity index (χ0n) is 21.6. The summed E-state index contributed by atoms with van der Waals surface area (Å²) in [5.74, 6) is -1.24. The number of hydrogen-bond acceptors (Lipinski definition) is 6. The van der Waals surface area contributed by atoms with Crippen LogP contribution in [-0.4, -0.2) is 44.1 Å². The lowest BCUT2D eigenvalue weighted by atomic mass is 9.96. The highest BCUT2D eigenvalue weighted by molar-refractivity contribution is 6.31. The van der Waals surface area contributed by atoms with Crippen LogP contribution in [0.1, 0.15) is 44.8 Å². The molecule has 2 aromatic carbocycles. The molecule has 0 amide bonds. The van der Waals surface area contributed by atoms with E-state index in [0.717, 1.165) is 5.56 Å². The Bertz CT molecular complexity index is 1620. The van der Waals surface area contributed by atoms with Crippen LogP contribution < -0.4 is 10.3 Å². The lowest BCUT2D eigenvalue weighted by molar-refractivity contribution is -0.121. The van der Waals surface area contributed by atoms with Gasteiger partial charge < -0.3 is 14.4 Å². The van der Waals surface area contributed by atoms with Gasteiger partial charge in [-0.15, -0.1) is 0 Å². The van der Waals surface area contributed by atoms with Gasteiger partial charge in [0.05, 0.1) is 31.1 Å². The van der Waals surface area contributed by atoms with E-state index in [1.54, 1.807) is 54.5 Å². The van der Waals surface area contributed by atoms with E-state index in [1.807, 2.05) is 0 Å². The molecule has 0 spiro atoms. The maximum absolute atomic E-state index is 13.6. The highest BCUT2D eigenvalue weighted by Crippen LogP contribution is 2.34. The van der Waals surface area contributed by atoms with Gasteiger partial charge in [-0.2, -0.15) is 5.10 Å². The number of methoxy groups -OCH3 is 1. The second-order valence-corrected chi connectivity index (χ2v) is 9.57. The number of hydrogen-bond donors (Lipinski definition) is 1. The molecule has 0 bridgehead atoms. The van der Waals surface area contributed by atoms with Crippen molar-refractivity contribution < 1.29 is 24.2 Å². The van der Waals surface area contributed by atoms with Crippen LogP contribution in [-0.2, 0) is 24.7 Å². The van der Waals surface area contributed by atoms with Crippen molar-refractivity contribution in [3.8, 4) is 16.9 Å². The van der Waals surface area contributed by atoms with Crippen LogP contribution >= 0.6 is 11.6 Å². The average Bonchev–Trinajstić information content (AvgIpc) is 3.31. The van der Waals surface area contributed by atoms with Crippen molar-refractivity contribution in [1.29, 1.82) is 0 Å². The maximum atomic E-state index is 13.6. The van der Waals surface area contributed by atoms with Gasteiger partial charge in [0.2, 0.25) is 0 Å². The number of pyridine rings is 1. The fraction of sp³-hybridized carbons (Fsp3) is 0.207. The Morgan fingerprint density at radius 2 is 1.74 bits per heavy atom. The first-order valence-electron chi connectivity index (χ1n) is 12.0. The number of halogens is 1. The third-order valence-corrected chi connectivity index (χ3v) is 6.62. The van der Waals surface area contributed by atoms with E-state index in [4.69, 9.17) is 21.4 Å². The summed E-state index contributed by atoms with van der Waals surface area (Å²) in [6, 6.07) is 11.2. The molecule has 10 heteroatoms. The molecule has 9 nitrogen and oxygen atoms in total. The number of Topliss-reactive ketones (excluding diaryl/α,β-unsaturated/α-hetero) is 2. The minimum absolute atomic E-state index is 0.0237. The normalized spacial score (nSPS) is 11.7. The number of carbonyl (C=O) groups excluding carboxylic acids is 2. The predicted molar refractivity (Wildman–Crippen MR) is 146 cm³/mol. The summed E-state index contributed by atoms with van der Waals surface area (Å²) in [5.41, 5.74) is 2.21. The fourth-order valence-electron chi connectivity index (χ4n) is 4.44. The van der Waals surface area contributed by atoms with Crippen molar-refractivity contribution in [2.24, 2.45) is 7.05 Å². The van der Waals surface area contributed by atoms with Crippen molar-refractivity contribution in [3.63, 3.8) is 0 Å². The molecule has 200 valence electrons. The molecule has 0 saturated carbocycles. The lowest BCUT2D eigenvalue weighted by Crippen LogP contribution is -2.32. The molecule has 0 aliphatic rings. The van der Waals surface area contributed by atoms with Crippen LogP contribution in [0, 0.1) is 0 Å². The molecule has 4 aromatic rings. The Morgan fingerprint density at radius 3 is 2.33 bits per heavy atom. The van der Waals surface area contributed by atoms with E-state index in [0.29, 0.717) is 27.3 Å². The van der Waals surface area contributed by atoms with Crippen molar-refractivity contribution in [3.05, 3.63) is 105 Å². The Hall–Kier alpha value is -4.50. The molecule has 0 saturated heterocycles. The Morgan fingerprint density at radius 1 is 1.03 bits per heavy atom. The first kappa shape index (κ1) is 27.5. The van der Waals surface area contributed by atoms with Gasteiger partial charge in [0.15, 0.2) is 11.6 Å². The summed E-state index contributed by atoms with van der Waals surface area (Å²) < 4.78 is 8.54. The molecule has 0 aliphatic carbocycles. The maximum Gasteiger partial charge on any atom is 0.335 e. The van der Waals surface area contributed by atoms with Gasteiger partial charge in [0.25, 0.3) is 5.56 Å². The first-order chi connectivity index (χ1) is 18.6. The largest absolute Gasteiger partial charge is 0.495 e. The topological polar surface area (TPSA) is 120 Å². The van der Waals surface area contributed by atoms with E-state index in [9.17, 15) is 19.2 Å². The molecule has 2 aromatic heterocycles. The third-order valence-electron chi connectivity index (χ3n) is 6.39. The smallest absolute Gasteiger partial charge is 0.335 e. The number of carboxylic acids is 1. The van der Waals surface area contributed by atoms with E-state index >= 15 is 0 Å². The van der Waals surface area contributed by atoms with Crippen molar-refractivity contribution in [2.45, 2.75) is 25.8 Å². The predicted octanol–water partition coefficient (Wildman–Crippen LogP) is 4.41. The van der Waals surface area contributed by atoms with Crippen LogP contribution in [0.5, 0.6) is 5.75 Å². The minimum Gasteiger partial charge on any atom is -0.495 e. The van der Waals surface area contributed by atoms with Crippen LogP contribution in [0.25, 0.3) is 11.1 Å². The molecule has 2 heterocycles. The third kappa shape index (κ3) is 6.15. The molecular weight excluding hydrogens is 522 g/mol. The van der Waals surface area contributed by atoms with Crippen LogP contribution in [0.3, 0.4) is 0 Å². The van der Waals surface area contributed by atoms with E-state index in [2.05, 4.69) is 5.10 Å². The Kier molecular flexibility index (Phi) is 8.11. The van der Waals surface area contributed by atoms with E-state index < -0.39 is 17.6 Å². The van der Waals surface area contributed by atoms with Gasteiger partial charge in [-0.3, -0.25) is 19.1 Å². The second-order valence-electron chi connectivity index (χ2n) is 9.13. The highest BCUT2D eigenvalue weighted by atomic mass is 35.5. The molecular formula is C29H26ClN3O6. The van der Waals surface area contributed by atoms with E-state index in [-0.39, 0.29) is 35.7 Å². The number of ketones is 2. The minimum atomic E-state index is -1.06. The molecule has 0 aliphatic heterocycles. The summed E-state index contributed by atoms with van der Waals surface area (Å²) in [6.07, 6.45) is 5.03. The number of carboxylic acid groups (broad SMARTS) is 1. The molecule has 0 fully saturated rings. The average molecular weight is 548 g/mol. The molecule has 1 unspecified atom stereocenters.